The number of hydrogen-bond donors (Lipinski definition) is 4. The van der Waals surface area contributed by atoms with Crippen LogP contribution in [0.5, 0.6) is 0 Å². The molecule has 1 saturated heterocycles. The molecule has 0 aliphatic carbocycles. The smallest absolute Gasteiger partial charge is 0.253 e. The van der Waals surface area contributed by atoms with Crippen LogP contribution in [0.3, 0.4) is 0 Å². The number of sulfone groups is 1. The molecule has 1 aliphatic rings. The maximum Gasteiger partial charge on any atom is 0.253 e. The van der Waals surface area contributed by atoms with Crippen LogP contribution in [-0.4, -0.2) is 70.5 Å². The molecule has 10 heteroatoms. The molecule has 1 unspecified atom stereocenters. The predicted octanol–water partition coefficient (Wildman–Crippen LogP) is 0.126. The average molecular weight is 440 g/mol. The molecule has 0 saturated carbocycles. The third-order valence-electron chi connectivity index (χ3n) is 4.82. The molecule has 1 aliphatic heterocycles. The fraction of sp³-hybridized carbons (Fsp3) is 0.600. The van der Waals surface area contributed by atoms with Gasteiger partial charge >= 0.3 is 0 Å². The van der Waals surface area contributed by atoms with Crippen LogP contribution in [0.1, 0.15) is 37.0 Å². The molecule has 1 aromatic carbocycles. The first kappa shape index (κ1) is 23.9. The number of benzene rings is 1. The molecule has 0 bridgehead atoms. The lowest BCUT2D eigenvalue weighted by atomic mass is 10.1. The first-order valence-corrected chi connectivity index (χ1v) is 12.2. The summed E-state index contributed by atoms with van der Waals surface area (Å²) in [5.41, 5.74) is 7.49. The fourth-order valence-corrected chi connectivity index (χ4v) is 4.06. The normalized spacial score (nSPS) is 17.5. The van der Waals surface area contributed by atoms with Crippen molar-refractivity contribution in [2.45, 2.75) is 38.8 Å². The molecule has 0 radical (unpaired) electrons. The van der Waals surface area contributed by atoms with E-state index in [1.54, 1.807) is 12.1 Å². The highest BCUT2D eigenvalue weighted by molar-refractivity contribution is 7.90. The van der Waals surface area contributed by atoms with Gasteiger partial charge in [-0.15, -0.1) is 0 Å². The second-order valence-corrected chi connectivity index (χ2v) is 10.3. The standard InChI is InChI=1S/C20H33N5O4S/c1-14(2)24-19(26)12-23-20(27)17-11-16(5-6-18(17)21)25-9-4-8-22-15(13-25)7-10-30(3,28)29/h5-6,11,14-15,22H,4,7-10,12-13,21H2,1-3H3,(H,23,27)(H,24,26). The second-order valence-electron chi connectivity index (χ2n) is 8.05. The highest BCUT2D eigenvalue weighted by atomic mass is 32.2. The van der Waals surface area contributed by atoms with Crippen molar-refractivity contribution in [2.24, 2.45) is 0 Å². The summed E-state index contributed by atoms with van der Waals surface area (Å²) in [7, 11) is -3.02. The topological polar surface area (TPSA) is 134 Å². The lowest BCUT2D eigenvalue weighted by Crippen LogP contribution is -2.40. The number of amides is 2. The number of carbonyl (C=O) groups is 2. The minimum atomic E-state index is -3.02. The van der Waals surface area contributed by atoms with Crippen LogP contribution >= 0.6 is 0 Å². The number of anilines is 2. The van der Waals surface area contributed by atoms with Gasteiger partial charge in [-0.05, 0) is 51.4 Å². The Morgan fingerprint density at radius 3 is 2.73 bits per heavy atom. The number of nitrogen functional groups attached to an aromatic ring is 1. The zero-order valence-corrected chi connectivity index (χ0v) is 18.7. The van der Waals surface area contributed by atoms with Crippen molar-refractivity contribution < 1.29 is 18.0 Å². The van der Waals surface area contributed by atoms with Gasteiger partial charge in [0.25, 0.3) is 5.91 Å². The lowest BCUT2D eigenvalue weighted by molar-refractivity contribution is -0.120. The molecule has 2 amide bonds. The lowest BCUT2D eigenvalue weighted by Gasteiger charge is -2.27. The van der Waals surface area contributed by atoms with Gasteiger partial charge in [-0.1, -0.05) is 0 Å². The van der Waals surface area contributed by atoms with Crippen molar-refractivity contribution in [3.63, 3.8) is 0 Å². The average Bonchev–Trinajstić information content (AvgIpc) is 2.89. The van der Waals surface area contributed by atoms with Gasteiger partial charge in [0.05, 0.1) is 17.9 Å². The molecule has 0 aromatic heterocycles. The summed E-state index contributed by atoms with van der Waals surface area (Å²) in [6.07, 6.45) is 2.67. The molecule has 168 valence electrons. The molecule has 9 nitrogen and oxygen atoms in total. The summed E-state index contributed by atoms with van der Waals surface area (Å²) < 4.78 is 23.0. The zero-order valence-electron chi connectivity index (χ0n) is 17.9. The Labute approximate surface area is 178 Å². The maximum absolute atomic E-state index is 12.6. The van der Waals surface area contributed by atoms with Gasteiger partial charge in [-0.25, -0.2) is 8.42 Å². The van der Waals surface area contributed by atoms with Gasteiger partial charge in [-0.3, -0.25) is 9.59 Å². The number of nitrogens with one attached hydrogen (secondary N) is 3. The van der Waals surface area contributed by atoms with E-state index in [-0.39, 0.29) is 30.3 Å². The summed E-state index contributed by atoms with van der Waals surface area (Å²) in [5.74, 6) is -0.540. The molecule has 0 spiro atoms. The van der Waals surface area contributed by atoms with Gasteiger partial charge in [-0.2, -0.15) is 0 Å². The van der Waals surface area contributed by atoms with Crippen LogP contribution in [0, 0.1) is 0 Å². The fourth-order valence-electron chi connectivity index (χ4n) is 3.35. The molecule has 1 aromatic rings. The number of rotatable bonds is 8. The van der Waals surface area contributed by atoms with Crippen molar-refractivity contribution in [2.75, 3.05) is 48.8 Å². The van der Waals surface area contributed by atoms with E-state index in [1.807, 2.05) is 19.9 Å². The third kappa shape index (κ3) is 7.83. The molecular formula is C20H33N5O4S. The molecule has 1 atom stereocenters. The number of carbonyl (C=O) groups excluding carboxylic acids is 2. The first-order chi connectivity index (χ1) is 14.0. The summed E-state index contributed by atoms with van der Waals surface area (Å²) in [6.45, 7) is 5.79. The highest BCUT2D eigenvalue weighted by Crippen LogP contribution is 2.23. The number of nitrogens with zero attached hydrogens (tertiary/aromatic N) is 1. The largest absolute Gasteiger partial charge is 0.398 e. The van der Waals surface area contributed by atoms with Crippen LogP contribution in [0.2, 0.25) is 0 Å². The maximum atomic E-state index is 12.6. The molecule has 1 fully saturated rings. The van der Waals surface area contributed by atoms with Crippen LogP contribution < -0.4 is 26.6 Å². The highest BCUT2D eigenvalue weighted by Gasteiger charge is 2.21. The Morgan fingerprint density at radius 2 is 2.07 bits per heavy atom. The Balaban J connectivity index is 2.08. The number of nitrogens with two attached hydrogens (primary N) is 1. The van der Waals surface area contributed by atoms with Crippen molar-refractivity contribution in [1.29, 1.82) is 0 Å². The predicted molar refractivity (Wildman–Crippen MR) is 119 cm³/mol. The van der Waals surface area contributed by atoms with Gasteiger partial charge < -0.3 is 26.6 Å². The van der Waals surface area contributed by atoms with E-state index >= 15 is 0 Å². The van der Waals surface area contributed by atoms with Gasteiger partial charge in [0, 0.05) is 42.8 Å². The third-order valence-corrected chi connectivity index (χ3v) is 5.80. The van der Waals surface area contributed by atoms with Crippen molar-refractivity contribution >= 4 is 33.0 Å². The van der Waals surface area contributed by atoms with Crippen LogP contribution in [0.15, 0.2) is 18.2 Å². The number of hydrogen-bond acceptors (Lipinski definition) is 7. The Hall–Kier alpha value is -2.33. The molecule has 2 rings (SSSR count). The van der Waals surface area contributed by atoms with E-state index < -0.39 is 15.7 Å². The van der Waals surface area contributed by atoms with Crippen LogP contribution in [0.25, 0.3) is 0 Å². The monoisotopic (exact) mass is 439 g/mol. The van der Waals surface area contributed by atoms with Crippen molar-refractivity contribution in [3.05, 3.63) is 23.8 Å². The molecule has 30 heavy (non-hydrogen) atoms. The SMILES string of the molecule is CC(C)NC(=O)CNC(=O)c1cc(N2CCCNC(CCS(C)(=O)=O)C2)ccc1N. The summed E-state index contributed by atoms with van der Waals surface area (Å²) in [4.78, 5) is 26.5. The summed E-state index contributed by atoms with van der Waals surface area (Å²) in [6, 6.07) is 5.30. The van der Waals surface area contributed by atoms with Gasteiger partial charge in [0.1, 0.15) is 9.84 Å². The Kier molecular flexibility index (Phi) is 8.48. The van der Waals surface area contributed by atoms with E-state index in [2.05, 4.69) is 20.9 Å². The summed E-state index contributed by atoms with van der Waals surface area (Å²) in [5, 5.41) is 8.72. The minimum Gasteiger partial charge on any atom is -0.398 e. The van der Waals surface area contributed by atoms with Crippen LogP contribution in [0.4, 0.5) is 11.4 Å². The van der Waals surface area contributed by atoms with Gasteiger partial charge in [0.2, 0.25) is 5.91 Å². The van der Waals surface area contributed by atoms with E-state index in [4.69, 9.17) is 5.73 Å². The van der Waals surface area contributed by atoms with Gasteiger partial charge in [0.15, 0.2) is 0 Å². The Bertz CT molecular complexity index is 857. The Morgan fingerprint density at radius 1 is 1.33 bits per heavy atom. The van der Waals surface area contributed by atoms with E-state index in [1.165, 1.54) is 6.26 Å². The summed E-state index contributed by atoms with van der Waals surface area (Å²) >= 11 is 0. The zero-order chi connectivity index (χ0) is 22.3. The molecule has 5 N–H and O–H groups in total. The minimum absolute atomic E-state index is 0.00455. The van der Waals surface area contributed by atoms with E-state index in [9.17, 15) is 18.0 Å². The van der Waals surface area contributed by atoms with Crippen molar-refractivity contribution in [1.82, 2.24) is 16.0 Å². The molecule has 1 heterocycles. The molecular weight excluding hydrogens is 406 g/mol. The van der Waals surface area contributed by atoms with E-state index in [0.29, 0.717) is 24.2 Å². The second kappa shape index (κ2) is 10.6. The quantitative estimate of drug-likeness (QED) is 0.423. The van der Waals surface area contributed by atoms with Crippen LogP contribution in [-0.2, 0) is 14.6 Å². The van der Waals surface area contributed by atoms with E-state index in [0.717, 1.165) is 25.2 Å². The van der Waals surface area contributed by atoms with Crippen molar-refractivity contribution in [3.8, 4) is 0 Å². The first-order valence-electron chi connectivity index (χ1n) is 10.2.